The Bertz CT molecular complexity index is 411. The number of hydrogen-bond donors (Lipinski definition) is 1. The van der Waals surface area contributed by atoms with Gasteiger partial charge in [0.15, 0.2) is 0 Å². The van der Waals surface area contributed by atoms with Crippen molar-refractivity contribution in [1.29, 1.82) is 0 Å². The van der Waals surface area contributed by atoms with Crippen molar-refractivity contribution in [3.63, 3.8) is 0 Å². The van der Waals surface area contributed by atoms with Gasteiger partial charge in [0.2, 0.25) is 0 Å². The molecule has 1 aliphatic rings. The summed E-state index contributed by atoms with van der Waals surface area (Å²) in [6.07, 6.45) is 6.89. The van der Waals surface area contributed by atoms with Gasteiger partial charge < -0.3 is 10.6 Å². The third-order valence-electron chi connectivity index (χ3n) is 3.98. The van der Waals surface area contributed by atoms with E-state index >= 15 is 0 Å². The van der Waals surface area contributed by atoms with Gasteiger partial charge in [-0.1, -0.05) is 30.9 Å². The molecule has 0 amide bonds. The average molecular weight is 267 g/mol. The van der Waals surface area contributed by atoms with Crippen LogP contribution in [0.1, 0.15) is 37.7 Å². The highest BCUT2D eigenvalue weighted by Crippen LogP contribution is 2.31. The molecule has 0 spiro atoms. The van der Waals surface area contributed by atoms with E-state index in [1.165, 1.54) is 32.1 Å². The second kappa shape index (κ2) is 5.83. The zero-order valence-electron chi connectivity index (χ0n) is 11.4. The zero-order chi connectivity index (χ0) is 13.1. The summed E-state index contributed by atoms with van der Waals surface area (Å²) < 4.78 is 0. The van der Waals surface area contributed by atoms with Crippen molar-refractivity contribution < 1.29 is 0 Å². The summed E-state index contributed by atoms with van der Waals surface area (Å²) in [5.74, 6) is 0.819. The van der Waals surface area contributed by atoms with Gasteiger partial charge in [-0.25, -0.2) is 0 Å². The molecule has 0 unspecified atom stereocenters. The van der Waals surface area contributed by atoms with Gasteiger partial charge in [0.05, 0.1) is 11.4 Å². The Balaban J connectivity index is 2.08. The van der Waals surface area contributed by atoms with Crippen LogP contribution in [0.3, 0.4) is 0 Å². The van der Waals surface area contributed by atoms with E-state index in [2.05, 4.69) is 18.0 Å². The standard InChI is InChI=1S/C15H23ClN2/c1-11-8-15(14(17)9-13(11)16)18(2)10-12-6-4-3-5-7-12/h8-9,12H,3-7,10,17H2,1-2H3. The number of anilines is 2. The molecule has 0 saturated heterocycles. The van der Waals surface area contributed by atoms with E-state index in [1.54, 1.807) is 0 Å². The van der Waals surface area contributed by atoms with Gasteiger partial charge in [0, 0.05) is 18.6 Å². The molecule has 2 N–H and O–H groups in total. The van der Waals surface area contributed by atoms with Gasteiger partial charge in [-0.15, -0.1) is 0 Å². The van der Waals surface area contributed by atoms with Crippen LogP contribution in [-0.2, 0) is 0 Å². The highest BCUT2D eigenvalue weighted by atomic mass is 35.5. The predicted octanol–water partition coefficient (Wildman–Crippen LogP) is 4.25. The van der Waals surface area contributed by atoms with Gasteiger partial charge in [-0.05, 0) is 43.4 Å². The van der Waals surface area contributed by atoms with E-state index in [-0.39, 0.29) is 0 Å². The van der Waals surface area contributed by atoms with E-state index in [9.17, 15) is 0 Å². The van der Waals surface area contributed by atoms with Crippen LogP contribution in [-0.4, -0.2) is 13.6 Å². The lowest BCUT2D eigenvalue weighted by Gasteiger charge is -2.29. The maximum atomic E-state index is 6.08. The van der Waals surface area contributed by atoms with Crippen molar-refractivity contribution in [1.82, 2.24) is 0 Å². The fourth-order valence-corrected chi connectivity index (χ4v) is 3.04. The summed E-state index contributed by atoms with van der Waals surface area (Å²) in [5, 5.41) is 0.752. The summed E-state index contributed by atoms with van der Waals surface area (Å²) in [4.78, 5) is 2.29. The summed E-state index contributed by atoms with van der Waals surface area (Å²) in [6.45, 7) is 3.13. The van der Waals surface area contributed by atoms with E-state index < -0.39 is 0 Å². The smallest absolute Gasteiger partial charge is 0.0601 e. The molecule has 1 aliphatic carbocycles. The minimum atomic E-state index is 0.752. The third-order valence-corrected chi connectivity index (χ3v) is 4.38. The number of nitrogens with two attached hydrogens (primary N) is 1. The molecule has 0 bridgehead atoms. The molecule has 1 fully saturated rings. The highest BCUT2D eigenvalue weighted by molar-refractivity contribution is 6.31. The van der Waals surface area contributed by atoms with Crippen molar-refractivity contribution in [2.24, 2.45) is 5.92 Å². The Morgan fingerprint density at radius 1 is 1.28 bits per heavy atom. The minimum absolute atomic E-state index is 0.752. The van der Waals surface area contributed by atoms with Crippen LogP contribution in [0, 0.1) is 12.8 Å². The van der Waals surface area contributed by atoms with Crippen LogP contribution in [0.5, 0.6) is 0 Å². The SMILES string of the molecule is Cc1cc(N(C)CC2CCCCC2)c(N)cc1Cl. The maximum absolute atomic E-state index is 6.08. The zero-order valence-corrected chi connectivity index (χ0v) is 12.1. The average Bonchev–Trinajstić information content (AvgIpc) is 2.35. The monoisotopic (exact) mass is 266 g/mol. The van der Waals surface area contributed by atoms with Gasteiger partial charge in [-0.3, -0.25) is 0 Å². The summed E-state index contributed by atoms with van der Waals surface area (Å²) in [5.41, 5.74) is 9.06. The van der Waals surface area contributed by atoms with Gasteiger partial charge >= 0.3 is 0 Å². The topological polar surface area (TPSA) is 29.3 Å². The Labute approximate surface area is 115 Å². The molecule has 3 heteroatoms. The van der Waals surface area contributed by atoms with E-state index in [1.807, 2.05) is 13.0 Å². The number of halogens is 1. The molecule has 1 aromatic rings. The number of nitrogen functional groups attached to an aromatic ring is 1. The molecule has 1 saturated carbocycles. The molecule has 1 aromatic carbocycles. The van der Waals surface area contributed by atoms with Crippen molar-refractivity contribution in [2.45, 2.75) is 39.0 Å². The van der Waals surface area contributed by atoms with E-state index in [0.717, 1.165) is 34.4 Å². The van der Waals surface area contributed by atoms with Crippen molar-refractivity contribution in [3.8, 4) is 0 Å². The number of rotatable bonds is 3. The first-order valence-corrected chi connectivity index (χ1v) is 7.22. The fourth-order valence-electron chi connectivity index (χ4n) is 2.87. The molecule has 2 nitrogen and oxygen atoms in total. The molecule has 2 rings (SSSR count). The Hall–Kier alpha value is -0.890. The summed E-state index contributed by atoms with van der Waals surface area (Å²) >= 11 is 6.08. The van der Waals surface area contributed by atoms with Crippen molar-refractivity contribution in [2.75, 3.05) is 24.2 Å². The fraction of sp³-hybridized carbons (Fsp3) is 0.600. The third kappa shape index (κ3) is 3.11. The number of benzene rings is 1. The molecule has 0 atom stereocenters. The molecule has 100 valence electrons. The number of hydrogen-bond acceptors (Lipinski definition) is 2. The van der Waals surface area contributed by atoms with Crippen LogP contribution >= 0.6 is 11.6 Å². The van der Waals surface area contributed by atoms with Crippen LogP contribution in [0.15, 0.2) is 12.1 Å². The van der Waals surface area contributed by atoms with E-state index in [4.69, 9.17) is 17.3 Å². The molecule has 0 aromatic heterocycles. The first-order valence-electron chi connectivity index (χ1n) is 6.84. The van der Waals surface area contributed by atoms with Gasteiger partial charge in [-0.2, -0.15) is 0 Å². The summed E-state index contributed by atoms with van der Waals surface area (Å²) in [6, 6.07) is 3.96. The molecule has 18 heavy (non-hydrogen) atoms. The number of nitrogens with zero attached hydrogens (tertiary/aromatic N) is 1. The Morgan fingerprint density at radius 2 is 1.94 bits per heavy atom. The van der Waals surface area contributed by atoms with Crippen molar-refractivity contribution >= 4 is 23.0 Å². The lowest BCUT2D eigenvalue weighted by atomic mass is 9.89. The molecular formula is C15H23ClN2. The predicted molar refractivity (Wildman–Crippen MR) is 80.4 cm³/mol. The van der Waals surface area contributed by atoms with Gasteiger partial charge in [0.1, 0.15) is 0 Å². The molecule has 0 heterocycles. The van der Waals surface area contributed by atoms with Crippen molar-refractivity contribution in [3.05, 3.63) is 22.7 Å². The van der Waals surface area contributed by atoms with Gasteiger partial charge in [0.25, 0.3) is 0 Å². The largest absolute Gasteiger partial charge is 0.397 e. The maximum Gasteiger partial charge on any atom is 0.0601 e. The molecular weight excluding hydrogens is 244 g/mol. The second-order valence-electron chi connectivity index (χ2n) is 5.54. The van der Waals surface area contributed by atoms with E-state index in [0.29, 0.717) is 0 Å². The first kappa shape index (κ1) is 13.5. The quantitative estimate of drug-likeness (QED) is 0.829. The lowest BCUT2D eigenvalue weighted by Crippen LogP contribution is -2.27. The van der Waals surface area contributed by atoms with Crippen LogP contribution in [0.2, 0.25) is 5.02 Å². The lowest BCUT2D eigenvalue weighted by molar-refractivity contribution is 0.362. The Kier molecular flexibility index (Phi) is 4.39. The van der Waals surface area contributed by atoms with Crippen LogP contribution in [0.4, 0.5) is 11.4 Å². The summed E-state index contributed by atoms with van der Waals surface area (Å²) in [7, 11) is 2.13. The van der Waals surface area contributed by atoms with Crippen LogP contribution in [0.25, 0.3) is 0 Å². The van der Waals surface area contributed by atoms with Crippen LogP contribution < -0.4 is 10.6 Å². The highest BCUT2D eigenvalue weighted by Gasteiger charge is 2.17. The number of aryl methyl sites for hydroxylation is 1. The molecule has 0 aliphatic heterocycles. The Morgan fingerprint density at radius 3 is 2.61 bits per heavy atom. The normalized spacial score (nSPS) is 16.8. The second-order valence-corrected chi connectivity index (χ2v) is 5.95. The molecule has 0 radical (unpaired) electrons. The minimum Gasteiger partial charge on any atom is -0.397 e. The first-order chi connectivity index (χ1) is 8.58.